The maximum Gasteiger partial charge on any atom is 0.248 e. The van der Waals surface area contributed by atoms with Crippen molar-refractivity contribution in [3.8, 4) is 0 Å². The summed E-state index contributed by atoms with van der Waals surface area (Å²) in [5.74, 6) is -0.349. The van der Waals surface area contributed by atoms with Crippen LogP contribution in [0, 0.1) is 0 Å². The smallest absolute Gasteiger partial charge is 0.248 e. The quantitative estimate of drug-likeness (QED) is 0.843. The van der Waals surface area contributed by atoms with Crippen LogP contribution in [0.15, 0.2) is 42.5 Å². The van der Waals surface area contributed by atoms with Crippen molar-refractivity contribution < 1.29 is 9.90 Å². The third-order valence-corrected chi connectivity index (χ3v) is 2.71. The van der Waals surface area contributed by atoms with Crippen LogP contribution in [0.2, 0.25) is 0 Å². The summed E-state index contributed by atoms with van der Waals surface area (Å²) < 4.78 is 0. The van der Waals surface area contributed by atoms with Crippen molar-refractivity contribution >= 4 is 16.7 Å². The number of hydrogen-bond donors (Lipinski definition) is 2. The van der Waals surface area contributed by atoms with Gasteiger partial charge in [0, 0.05) is 6.54 Å². The van der Waals surface area contributed by atoms with Gasteiger partial charge in [0.05, 0.1) is 0 Å². The summed E-state index contributed by atoms with van der Waals surface area (Å²) in [6.07, 6.45) is -0.968. The van der Waals surface area contributed by atoms with Crippen LogP contribution >= 0.6 is 0 Å². The molecule has 0 heterocycles. The summed E-state index contributed by atoms with van der Waals surface area (Å²) in [6.45, 7) is 1.89. The van der Waals surface area contributed by atoms with Gasteiger partial charge in [-0.1, -0.05) is 42.5 Å². The fourth-order valence-corrected chi connectivity index (χ4v) is 1.78. The highest BCUT2D eigenvalue weighted by atomic mass is 16.3. The summed E-state index contributed by atoms with van der Waals surface area (Å²) >= 11 is 0. The maximum absolute atomic E-state index is 11.3. The van der Waals surface area contributed by atoms with Crippen LogP contribution in [0.5, 0.6) is 0 Å². The van der Waals surface area contributed by atoms with Gasteiger partial charge in [-0.05, 0) is 23.3 Å². The largest absolute Gasteiger partial charge is 0.384 e. The standard InChI is InChI=1S/C14H15NO2/c1-10(16)14(17)15-9-12-7-4-6-11-5-2-3-8-13(11)12/h2-8,10,16H,9H2,1H3,(H,15,17). The average Bonchev–Trinajstić information content (AvgIpc) is 2.35. The Morgan fingerprint density at radius 3 is 2.71 bits per heavy atom. The lowest BCUT2D eigenvalue weighted by atomic mass is 10.0. The second-order valence-electron chi connectivity index (χ2n) is 4.03. The average molecular weight is 229 g/mol. The Hall–Kier alpha value is -1.87. The second-order valence-corrected chi connectivity index (χ2v) is 4.03. The maximum atomic E-state index is 11.3. The number of nitrogens with one attached hydrogen (secondary N) is 1. The van der Waals surface area contributed by atoms with Crippen molar-refractivity contribution in [2.24, 2.45) is 0 Å². The second kappa shape index (κ2) is 4.97. The van der Waals surface area contributed by atoms with E-state index in [2.05, 4.69) is 5.32 Å². The highest BCUT2D eigenvalue weighted by Crippen LogP contribution is 2.18. The van der Waals surface area contributed by atoms with Gasteiger partial charge in [0.15, 0.2) is 0 Å². The van der Waals surface area contributed by atoms with Gasteiger partial charge >= 0.3 is 0 Å². The highest BCUT2D eigenvalue weighted by Gasteiger charge is 2.08. The number of aliphatic hydroxyl groups is 1. The Bertz CT molecular complexity index is 529. The molecule has 0 radical (unpaired) electrons. The molecule has 2 aromatic rings. The molecule has 2 rings (SSSR count). The first-order valence-corrected chi connectivity index (χ1v) is 5.61. The molecule has 1 atom stereocenters. The van der Waals surface area contributed by atoms with Crippen LogP contribution in [0.25, 0.3) is 10.8 Å². The molecule has 17 heavy (non-hydrogen) atoms. The van der Waals surface area contributed by atoms with Crippen molar-refractivity contribution in [2.75, 3.05) is 0 Å². The van der Waals surface area contributed by atoms with Gasteiger partial charge in [0.25, 0.3) is 0 Å². The lowest BCUT2D eigenvalue weighted by molar-refractivity contribution is -0.128. The first-order chi connectivity index (χ1) is 8.18. The molecule has 0 fully saturated rings. The minimum absolute atomic E-state index is 0.349. The van der Waals surface area contributed by atoms with Gasteiger partial charge in [0.1, 0.15) is 6.10 Å². The summed E-state index contributed by atoms with van der Waals surface area (Å²) in [5.41, 5.74) is 1.05. The van der Waals surface area contributed by atoms with Crippen molar-refractivity contribution in [2.45, 2.75) is 19.6 Å². The van der Waals surface area contributed by atoms with Gasteiger partial charge < -0.3 is 10.4 Å². The Balaban J connectivity index is 2.21. The van der Waals surface area contributed by atoms with Gasteiger partial charge in [-0.2, -0.15) is 0 Å². The van der Waals surface area contributed by atoms with E-state index in [1.807, 2.05) is 42.5 Å². The first kappa shape index (κ1) is 11.6. The fourth-order valence-electron chi connectivity index (χ4n) is 1.78. The van der Waals surface area contributed by atoms with Crippen molar-refractivity contribution in [1.82, 2.24) is 5.32 Å². The third kappa shape index (κ3) is 2.63. The van der Waals surface area contributed by atoms with E-state index in [-0.39, 0.29) is 5.91 Å². The van der Waals surface area contributed by atoms with Gasteiger partial charge in [0.2, 0.25) is 5.91 Å². The van der Waals surface area contributed by atoms with E-state index in [4.69, 9.17) is 5.11 Å². The molecule has 1 unspecified atom stereocenters. The Morgan fingerprint density at radius 1 is 1.24 bits per heavy atom. The number of carbonyl (C=O) groups is 1. The molecule has 0 saturated carbocycles. The van der Waals surface area contributed by atoms with Crippen molar-refractivity contribution in [3.63, 3.8) is 0 Å². The molecular weight excluding hydrogens is 214 g/mol. The number of hydrogen-bond acceptors (Lipinski definition) is 2. The van der Waals surface area contributed by atoms with Gasteiger partial charge in [-0.3, -0.25) is 4.79 Å². The molecule has 3 heteroatoms. The summed E-state index contributed by atoms with van der Waals surface area (Å²) in [5, 5.41) is 14.1. The number of benzene rings is 2. The molecule has 0 bridgehead atoms. The molecule has 2 N–H and O–H groups in total. The predicted molar refractivity (Wildman–Crippen MR) is 67.5 cm³/mol. The van der Waals surface area contributed by atoms with Crippen LogP contribution in [0.1, 0.15) is 12.5 Å². The zero-order valence-electron chi connectivity index (χ0n) is 9.68. The zero-order chi connectivity index (χ0) is 12.3. The molecule has 3 nitrogen and oxygen atoms in total. The summed E-state index contributed by atoms with van der Waals surface area (Å²) in [7, 11) is 0. The van der Waals surface area contributed by atoms with Crippen molar-refractivity contribution in [1.29, 1.82) is 0 Å². The molecule has 0 aliphatic rings. The predicted octanol–water partition coefficient (Wildman–Crippen LogP) is 1.84. The Labute approximate surface area is 100 Å². The zero-order valence-corrected chi connectivity index (χ0v) is 9.68. The lowest BCUT2D eigenvalue weighted by Gasteiger charge is -2.09. The minimum atomic E-state index is -0.968. The van der Waals surface area contributed by atoms with E-state index in [1.54, 1.807) is 0 Å². The number of rotatable bonds is 3. The lowest BCUT2D eigenvalue weighted by Crippen LogP contribution is -2.31. The number of amides is 1. The molecule has 0 spiro atoms. The fraction of sp³-hybridized carbons (Fsp3) is 0.214. The molecule has 1 amide bonds. The van der Waals surface area contributed by atoms with E-state index in [0.29, 0.717) is 6.54 Å². The van der Waals surface area contributed by atoms with E-state index >= 15 is 0 Å². The summed E-state index contributed by atoms with van der Waals surface area (Å²) in [4.78, 5) is 11.3. The Kier molecular flexibility index (Phi) is 3.40. The van der Waals surface area contributed by atoms with E-state index in [1.165, 1.54) is 6.92 Å². The number of carbonyl (C=O) groups excluding carboxylic acids is 1. The summed E-state index contributed by atoms with van der Waals surface area (Å²) in [6, 6.07) is 14.0. The topological polar surface area (TPSA) is 49.3 Å². The first-order valence-electron chi connectivity index (χ1n) is 5.61. The van der Waals surface area contributed by atoms with Crippen molar-refractivity contribution in [3.05, 3.63) is 48.0 Å². The van der Waals surface area contributed by atoms with Gasteiger partial charge in [-0.15, -0.1) is 0 Å². The molecule has 0 saturated heterocycles. The molecule has 88 valence electrons. The third-order valence-electron chi connectivity index (χ3n) is 2.71. The number of aliphatic hydroxyl groups excluding tert-OH is 1. The number of fused-ring (bicyclic) bond motifs is 1. The van der Waals surface area contributed by atoms with Crippen LogP contribution in [0.3, 0.4) is 0 Å². The van der Waals surface area contributed by atoms with Crippen LogP contribution in [0.4, 0.5) is 0 Å². The molecule has 0 aromatic heterocycles. The minimum Gasteiger partial charge on any atom is -0.384 e. The molecule has 2 aromatic carbocycles. The SMILES string of the molecule is CC(O)C(=O)NCc1cccc2ccccc12. The molecule has 0 aliphatic heterocycles. The monoisotopic (exact) mass is 229 g/mol. The Morgan fingerprint density at radius 2 is 1.94 bits per heavy atom. The van der Waals surface area contributed by atoms with E-state index < -0.39 is 6.10 Å². The van der Waals surface area contributed by atoms with Crippen LogP contribution in [-0.4, -0.2) is 17.1 Å². The van der Waals surface area contributed by atoms with E-state index in [0.717, 1.165) is 16.3 Å². The van der Waals surface area contributed by atoms with Gasteiger partial charge in [-0.25, -0.2) is 0 Å². The molecular formula is C14H15NO2. The van der Waals surface area contributed by atoms with Crippen LogP contribution < -0.4 is 5.32 Å². The normalized spacial score (nSPS) is 12.4. The molecule has 0 aliphatic carbocycles. The van der Waals surface area contributed by atoms with Crippen LogP contribution in [-0.2, 0) is 11.3 Å². The highest BCUT2D eigenvalue weighted by molar-refractivity contribution is 5.86. The van der Waals surface area contributed by atoms with E-state index in [9.17, 15) is 4.79 Å².